The van der Waals surface area contributed by atoms with Gasteiger partial charge in [0.15, 0.2) is 0 Å². The number of para-hydroxylation sites is 1. The largest absolute Gasteiger partial charge is 0.480 e. The monoisotopic (exact) mass is 288 g/mol. The third-order valence-electron chi connectivity index (χ3n) is 2.40. The van der Waals surface area contributed by atoms with Gasteiger partial charge in [0, 0.05) is 0 Å². The third kappa shape index (κ3) is 2.32. The van der Waals surface area contributed by atoms with E-state index in [9.17, 15) is 13.2 Å². The summed E-state index contributed by atoms with van der Waals surface area (Å²) >= 11 is 5.63. The highest BCUT2D eigenvalue weighted by molar-refractivity contribution is 7.90. The van der Waals surface area contributed by atoms with Crippen LogP contribution in [0.5, 0.6) is 0 Å². The number of hydrogen-bond acceptors (Lipinski definition) is 4. The Morgan fingerprint density at radius 3 is 2.78 bits per heavy atom. The van der Waals surface area contributed by atoms with Crippen molar-refractivity contribution in [2.24, 2.45) is 4.40 Å². The highest BCUT2D eigenvalue weighted by Crippen LogP contribution is 2.29. The topological polar surface area (TPSA) is 87.0 Å². The Morgan fingerprint density at radius 1 is 1.44 bits per heavy atom. The predicted octanol–water partition coefficient (Wildman–Crippen LogP) is 0.916. The van der Waals surface area contributed by atoms with Crippen LogP contribution in [-0.2, 0) is 14.8 Å². The van der Waals surface area contributed by atoms with Gasteiger partial charge in [-0.3, -0.25) is 4.79 Å². The van der Waals surface area contributed by atoms with Gasteiger partial charge in [0.2, 0.25) is 0 Å². The number of sulfonamides is 1. The number of fused-ring (bicyclic) bond motifs is 1. The minimum absolute atomic E-state index is 0.0433. The van der Waals surface area contributed by atoms with E-state index in [1.807, 2.05) is 0 Å². The molecule has 0 radical (unpaired) electrons. The van der Waals surface area contributed by atoms with Crippen molar-refractivity contribution >= 4 is 39.6 Å². The van der Waals surface area contributed by atoms with Gasteiger partial charge in [0.25, 0.3) is 10.0 Å². The van der Waals surface area contributed by atoms with E-state index in [0.29, 0.717) is 5.69 Å². The second kappa shape index (κ2) is 4.58. The summed E-state index contributed by atoms with van der Waals surface area (Å²) in [4.78, 5) is 12.1. The Bertz CT molecular complexity index is 614. The van der Waals surface area contributed by atoms with E-state index in [4.69, 9.17) is 16.7 Å². The standard InChI is InChI=1S/C10H9ClN2O4S/c11-7(10(14)15)5-13-6-12-18(16,17)9-4-2-1-3-8(9)13/h1-4,6-7H,5H2,(H,14,15). The Balaban J connectivity index is 2.39. The van der Waals surface area contributed by atoms with Gasteiger partial charge in [-0.2, -0.15) is 8.42 Å². The zero-order valence-electron chi connectivity index (χ0n) is 9.02. The molecule has 1 aliphatic rings. The van der Waals surface area contributed by atoms with Crippen LogP contribution in [0.4, 0.5) is 5.69 Å². The average molecular weight is 289 g/mol. The zero-order chi connectivity index (χ0) is 13.3. The van der Waals surface area contributed by atoms with E-state index in [2.05, 4.69) is 4.40 Å². The molecule has 1 heterocycles. The fraction of sp³-hybridized carbons (Fsp3) is 0.200. The molecule has 0 saturated carbocycles. The number of rotatable bonds is 3. The van der Waals surface area contributed by atoms with Crippen molar-refractivity contribution in [3.63, 3.8) is 0 Å². The van der Waals surface area contributed by atoms with Crippen molar-refractivity contribution < 1.29 is 18.3 Å². The first kappa shape index (κ1) is 12.8. The molecule has 6 nitrogen and oxygen atoms in total. The Morgan fingerprint density at radius 2 is 2.11 bits per heavy atom. The average Bonchev–Trinajstić information content (AvgIpc) is 2.33. The molecule has 0 saturated heterocycles. The van der Waals surface area contributed by atoms with Crippen LogP contribution in [0.15, 0.2) is 33.6 Å². The number of hydrogen-bond donors (Lipinski definition) is 1. The molecule has 1 aliphatic heterocycles. The van der Waals surface area contributed by atoms with Crippen LogP contribution in [0, 0.1) is 0 Å². The third-order valence-corrected chi connectivity index (χ3v) is 4.00. The minimum Gasteiger partial charge on any atom is -0.480 e. The zero-order valence-corrected chi connectivity index (χ0v) is 10.6. The highest BCUT2D eigenvalue weighted by Gasteiger charge is 2.27. The predicted molar refractivity (Wildman–Crippen MR) is 66.7 cm³/mol. The molecule has 8 heteroatoms. The van der Waals surface area contributed by atoms with E-state index in [0.717, 1.165) is 6.34 Å². The van der Waals surface area contributed by atoms with Crippen molar-refractivity contribution in [2.45, 2.75) is 10.3 Å². The fourth-order valence-electron chi connectivity index (χ4n) is 1.55. The van der Waals surface area contributed by atoms with Crippen LogP contribution < -0.4 is 4.90 Å². The number of aliphatic carboxylic acids is 1. The molecule has 0 amide bonds. The number of carboxylic acids is 1. The quantitative estimate of drug-likeness (QED) is 0.836. The normalized spacial score (nSPS) is 18.2. The SMILES string of the molecule is O=C(O)C(Cl)CN1C=NS(=O)(=O)c2ccccc21. The van der Waals surface area contributed by atoms with Crippen molar-refractivity contribution in [2.75, 3.05) is 11.4 Å². The van der Waals surface area contributed by atoms with Gasteiger partial charge in [-0.1, -0.05) is 12.1 Å². The van der Waals surface area contributed by atoms with E-state index < -0.39 is 21.4 Å². The van der Waals surface area contributed by atoms with E-state index >= 15 is 0 Å². The minimum atomic E-state index is -3.69. The highest BCUT2D eigenvalue weighted by atomic mass is 35.5. The van der Waals surface area contributed by atoms with Gasteiger partial charge in [0.05, 0.1) is 12.2 Å². The summed E-state index contributed by atoms with van der Waals surface area (Å²) in [6.07, 6.45) is 1.08. The molecule has 2 rings (SSSR count). The van der Waals surface area contributed by atoms with E-state index in [-0.39, 0.29) is 11.4 Å². The lowest BCUT2D eigenvalue weighted by atomic mass is 10.2. The number of nitrogens with zero attached hydrogens (tertiary/aromatic N) is 2. The van der Waals surface area contributed by atoms with Gasteiger partial charge in [-0.25, -0.2) is 0 Å². The first-order valence-corrected chi connectivity index (χ1v) is 6.82. The summed E-state index contributed by atoms with van der Waals surface area (Å²) in [6, 6.07) is 6.22. The summed E-state index contributed by atoms with van der Waals surface area (Å²) in [5.41, 5.74) is 0.374. The lowest BCUT2D eigenvalue weighted by Crippen LogP contribution is -2.35. The Kier molecular flexibility index (Phi) is 3.27. The molecule has 0 aromatic heterocycles. The van der Waals surface area contributed by atoms with Crippen molar-refractivity contribution in [3.8, 4) is 0 Å². The second-order valence-electron chi connectivity index (χ2n) is 3.62. The lowest BCUT2D eigenvalue weighted by Gasteiger charge is -2.25. The fourth-order valence-corrected chi connectivity index (χ4v) is 2.75. The summed E-state index contributed by atoms with van der Waals surface area (Å²) in [6.45, 7) is -0.0626. The maximum Gasteiger partial charge on any atom is 0.323 e. The maximum atomic E-state index is 11.7. The maximum absolute atomic E-state index is 11.7. The van der Waals surface area contributed by atoms with Gasteiger partial charge < -0.3 is 10.0 Å². The number of anilines is 1. The molecule has 18 heavy (non-hydrogen) atoms. The van der Waals surface area contributed by atoms with E-state index in [1.165, 1.54) is 11.0 Å². The number of alkyl halides is 1. The van der Waals surface area contributed by atoms with E-state index in [1.54, 1.807) is 18.2 Å². The number of carboxylic acid groups (broad SMARTS) is 1. The summed E-state index contributed by atoms with van der Waals surface area (Å²) < 4.78 is 26.7. The smallest absolute Gasteiger partial charge is 0.323 e. The molecule has 0 bridgehead atoms. The summed E-state index contributed by atoms with van der Waals surface area (Å²) in [7, 11) is -3.69. The van der Waals surface area contributed by atoms with Crippen LogP contribution in [-0.4, -0.2) is 37.8 Å². The number of benzene rings is 1. The molecule has 1 unspecified atom stereocenters. The van der Waals surface area contributed by atoms with Crippen molar-refractivity contribution in [3.05, 3.63) is 24.3 Å². The van der Waals surface area contributed by atoms with Crippen LogP contribution >= 0.6 is 11.6 Å². The molecule has 0 aliphatic carbocycles. The first-order chi connectivity index (χ1) is 8.42. The molecular formula is C10H9ClN2O4S. The summed E-state index contributed by atoms with van der Waals surface area (Å²) in [5, 5.41) is 7.59. The first-order valence-electron chi connectivity index (χ1n) is 4.95. The number of carbonyl (C=O) groups is 1. The molecule has 1 aromatic rings. The van der Waals surface area contributed by atoms with Crippen LogP contribution in [0.3, 0.4) is 0 Å². The molecule has 1 atom stereocenters. The van der Waals surface area contributed by atoms with Crippen LogP contribution in [0.2, 0.25) is 0 Å². The Hall–Kier alpha value is -1.60. The van der Waals surface area contributed by atoms with Crippen molar-refractivity contribution in [1.29, 1.82) is 0 Å². The lowest BCUT2D eigenvalue weighted by molar-refractivity contribution is -0.136. The molecule has 0 fully saturated rings. The summed E-state index contributed by atoms with van der Waals surface area (Å²) in [5.74, 6) is -1.17. The van der Waals surface area contributed by atoms with Gasteiger partial charge in [0.1, 0.15) is 16.6 Å². The van der Waals surface area contributed by atoms with Gasteiger partial charge >= 0.3 is 5.97 Å². The number of halogens is 1. The van der Waals surface area contributed by atoms with Crippen LogP contribution in [0.1, 0.15) is 0 Å². The van der Waals surface area contributed by atoms with Gasteiger partial charge in [-0.15, -0.1) is 16.0 Å². The second-order valence-corrected chi connectivity index (χ2v) is 5.75. The van der Waals surface area contributed by atoms with Crippen molar-refractivity contribution in [1.82, 2.24) is 0 Å². The molecular weight excluding hydrogens is 280 g/mol. The van der Waals surface area contributed by atoms with Gasteiger partial charge in [-0.05, 0) is 12.1 Å². The molecule has 1 aromatic carbocycles. The van der Waals surface area contributed by atoms with Crippen LogP contribution in [0.25, 0.3) is 0 Å². The molecule has 96 valence electrons. The molecule has 0 spiro atoms. The Labute approximate surface area is 109 Å². The molecule has 1 N–H and O–H groups in total.